The zero-order valence-corrected chi connectivity index (χ0v) is 13.4. The molecule has 0 atom stereocenters. The highest BCUT2D eigenvalue weighted by atomic mass is 79.9. The predicted octanol–water partition coefficient (Wildman–Crippen LogP) is 4.58. The zero-order valence-electron chi connectivity index (χ0n) is 10.3. The molecular weight excluding hydrogens is 337 g/mol. The molecule has 5 heteroatoms. The van der Waals surface area contributed by atoms with E-state index >= 15 is 0 Å². The summed E-state index contributed by atoms with van der Waals surface area (Å²) in [7, 11) is 0. The monoisotopic (exact) mass is 351 g/mol. The molecule has 1 rings (SSSR count). The third-order valence-electron chi connectivity index (χ3n) is 2.58. The van der Waals surface area contributed by atoms with Crippen molar-refractivity contribution in [1.82, 2.24) is 4.90 Å². The quantitative estimate of drug-likeness (QED) is 0.686. The van der Waals surface area contributed by atoms with E-state index in [9.17, 15) is 4.79 Å². The Kier molecular flexibility index (Phi) is 7.05. The topological polar surface area (TPSA) is 20.3 Å². The highest BCUT2D eigenvalue weighted by molar-refractivity contribution is 9.10. The van der Waals surface area contributed by atoms with Gasteiger partial charge in [-0.3, -0.25) is 4.79 Å². The van der Waals surface area contributed by atoms with Crippen LogP contribution in [0.3, 0.4) is 0 Å². The second-order valence-electron chi connectivity index (χ2n) is 3.96. The molecule has 0 aliphatic rings. The van der Waals surface area contributed by atoms with Gasteiger partial charge in [0.1, 0.15) is 0 Å². The number of alkyl halides is 1. The third-order valence-corrected chi connectivity index (χ3v) is 3.64. The lowest BCUT2D eigenvalue weighted by atomic mass is 10.2. The lowest BCUT2D eigenvalue weighted by Gasteiger charge is -2.22. The predicted molar refractivity (Wildman–Crippen MR) is 80.7 cm³/mol. The number of amides is 1. The normalized spacial score (nSPS) is 10.4. The van der Waals surface area contributed by atoms with Gasteiger partial charge in [-0.05, 0) is 40.5 Å². The standard InChI is InChI=1S/C13H16BrCl2NO/c1-2-3-7-17(8-6-15)13(18)11-5-4-10(16)9-12(11)14/h4-5,9H,2-3,6-8H2,1H3. The van der Waals surface area contributed by atoms with E-state index in [2.05, 4.69) is 22.9 Å². The first-order chi connectivity index (χ1) is 8.60. The summed E-state index contributed by atoms with van der Waals surface area (Å²) in [6.45, 7) is 3.40. The van der Waals surface area contributed by atoms with Crippen molar-refractivity contribution >= 4 is 45.0 Å². The van der Waals surface area contributed by atoms with Gasteiger partial charge in [0.15, 0.2) is 0 Å². The number of halogens is 3. The molecule has 1 aromatic carbocycles. The molecule has 0 bridgehead atoms. The Morgan fingerprint density at radius 3 is 2.67 bits per heavy atom. The molecule has 0 aromatic heterocycles. The van der Waals surface area contributed by atoms with E-state index in [0.717, 1.165) is 23.9 Å². The highest BCUT2D eigenvalue weighted by Gasteiger charge is 2.17. The average molecular weight is 353 g/mol. The molecule has 0 aliphatic carbocycles. The fourth-order valence-corrected chi connectivity index (χ4v) is 2.66. The van der Waals surface area contributed by atoms with Crippen molar-refractivity contribution in [2.45, 2.75) is 19.8 Å². The van der Waals surface area contributed by atoms with Gasteiger partial charge in [0.05, 0.1) is 5.56 Å². The molecule has 0 saturated heterocycles. The van der Waals surface area contributed by atoms with Crippen LogP contribution in [-0.2, 0) is 0 Å². The van der Waals surface area contributed by atoms with Crippen molar-refractivity contribution in [1.29, 1.82) is 0 Å². The molecule has 0 N–H and O–H groups in total. The van der Waals surface area contributed by atoms with E-state index in [1.807, 2.05) is 0 Å². The van der Waals surface area contributed by atoms with Gasteiger partial charge in [-0.15, -0.1) is 11.6 Å². The van der Waals surface area contributed by atoms with Crippen LogP contribution in [0, 0.1) is 0 Å². The Labute approximate surface area is 126 Å². The fraction of sp³-hybridized carbons (Fsp3) is 0.462. The number of carbonyl (C=O) groups is 1. The van der Waals surface area contributed by atoms with Crippen molar-refractivity contribution in [2.24, 2.45) is 0 Å². The largest absolute Gasteiger partial charge is 0.337 e. The van der Waals surface area contributed by atoms with Gasteiger partial charge in [-0.2, -0.15) is 0 Å². The van der Waals surface area contributed by atoms with E-state index in [4.69, 9.17) is 23.2 Å². The van der Waals surface area contributed by atoms with Gasteiger partial charge in [0.25, 0.3) is 5.91 Å². The summed E-state index contributed by atoms with van der Waals surface area (Å²) in [4.78, 5) is 14.1. The van der Waals surface area contributed by atoms with Gasteiger partial charge in [0.2, 0.25) is 0 Å². The van der Waals surface area contributed by atoms with Crippen LogP contribution in [-0.4, -0.2) is 29.8 Å². The Balaban J connectivity index is 2.87. The van der Waals surface area contributed by atoms with Crippen molar-refractivity contribution in [2.75, 3.05) is 19.0 Å². The van der Waals surface area contributed by atoms with Gasteiger partial charge < -0.3 is 4.90 Å². The molecule has 18 heavy (non-hydrogen) atoms. The Hall–Kier alpha value is -0.250. The Morgan fingerprint density at radius 1 is 1.39 bits per heavy atom. The number of benzene rings is 1. The average Bonchev–Trinajstić information content (AvgIpc) is 2.33. The molecule has 0 unspecified atom stereocenters. The van der Waals surface area contributed by atoms with Crippen LogP contribution in [0.2, 0.25) is 5.02 Å². The number of hydrogen-bond donors (Lipinski definition) is 0. The first-order valence-electron chi connectivity index (χ1n) is 5.90. The minimum Gasteiger partial charge on any atom is -0.337 e. The van der Waals surface area contributed by atoms with E-state index in [0.29, 0.717) is 23.0 Å². The van der Waals surface area contributed by atoms with Gasteiger partial charge in [-0.25, -0.2) is 0 Å². The lowest BCUT2D eigenvalue weighted by Crippen LogP contribution is -2.33. The SMILES string of the molecule is CCCCN(CCCl)C(=O)c1ccc(Cl)cc1Br. The summed E-state index contributed by atoms with van der Waals surface area (Å²) < 4.78 is 0.719. The van der Waals surface area contributed by atoms with E-state index in [1.54, 1.807) is 23.1 Å². The minimum absolute atomic E-state index is 0.00681. The second-order valence-corrected chi connectivity index (χ2v) is 5.63. The molecule has 2 nitrogen and oxygen atoms in total. The third kappa shape index (κ3) is 4.45. The molecule has 0 saturated carbocycles. The van der Waals surface area contributed by atoms with E-state index < -0.39 is 0 Å². The Bertz CT molecular complexity index is 412. The van der Waals surface area contributed by atoms with Crippen molar-refractivity contribution in [3.05, 3.63) is 33.3 Å². The van der Waals surface area contributed by atoms with Crippen molar-refractivity contribution in [3.8, 4) is 0 Å². The number of rotatable bonds is 6. The summed E-state index contributed by atoms with van der Waals surface area (Å²) in [6.07, 6.45) is 2.03. The number of carbonyl (C=O) groups excluding carboxylic acids is 1. The van der Waals surface area contributed by atoms with Crippen LogP contribution in [0.15, 0.2) is 22.7 Å². The highest BCUT2D eigenvalue weighted by Crippen LogP contribution is 2.23. The second kappa shape index (κ2) is 8.03. The Morgan fingerprint density at radius 2 is 2.11 bits per heavy atom. The van der Waals surface area contributed by atoms with Crippen LogP contribution in [0.25, 0.3) is 0 Å². The van der Waals surface area contributed by atoms with Crippen molar-refractivity contribution in [3.63, 3.8) is 0 Å². The maximum absolute atomic E-state index is 12.4. The van der Waals surface area contributed by atoms with Crippen LogP contribution < -0.4 is 0 Å². The smallest absolute Gasteiger partial charge is 0.255 e. The van der Waals surface area contributed by atoms with Crippen LogP contribution in [0.5, 0.6) is 0 Å². The number of nitrogens with zero attached hydrogens (tertiary/aromatic N) is 1. The first-order valence-corrected chi connectivity index (χ1v) is 7.61. The fourth-order valence-electron chi connectivity index (χ4n) is 1.60. The maximum atomic E-state index is 12.4. The molecule has 0 fully saturated rings. The minimum atomic E-state index is -0.00681. The van der Waals surface area contributed by atoms with Crippen LogP contribution in [0.4, 0.5) is 0 Å². The molecule has 100 valence electrons. The lowest BCUT2D eigenvalue weighted by molar-refractivity contribution is 0.0762. The first kappa shape index (κ1) is 15.8. The summed E-state index contributed by atoms with van der Waals surface area (Å²) >= 11 is 15.0. The summed E-state index contributed by atoms with van der Waals surface area (Å²) in [5.41, 5.74) is 0.626. The van der Waals surface area contributed by atoms with Gasteiger partial charge in [-0.1, -0.05) is 24.9 Å². The van der Waals surface area contributed by atoms with E-state index in [-0.39, 0.29) is 5.91 Å². The number of hydrogen-bond acceptors (Lipinski definition) is 1. The summed E-state index contributed by atoms with van der Waals surface area (Å²) in [5.74, 6) is 0.438. The molecule has 1 aromatic rings. The maximum Gasteiger partial charge on any atom is 0.255 e. The summed E-state index contributed by atoms with van der Waals surface area (Å²) in [6, 6.07) is 5.19. The van der Waals surface area contributed by atoms with E-state index in [1.165, 1.54) is 0 Å². The molecule has 0 aliphatic heterocycles. The van der Waals surface area contributed by atoms with Crippen LogP contribution in [0.1, 0.15) is 30.1 Å². The zero-order chi connectivity index (χ0) is 13.5. The molecule has 1 amide bonds. The molecule has 0 heterocycles. The van der Waals surface area contributed by atoms with Gasteiger partial charge in [0, 0.05) is 28.5 Å². The summed E-state index contributed by atoms with van der Waals surface area (Å²) in [5, 5.41) is 0.607. The van der Waals surface area contributed by atoms with Crippen molar-refractivity contribution < 1.29 is 4.79 Å². The van der Waals surface area contributed by atoms with Gasteiger partial charge >= 0.3 is 0 Å². The molecule has 0 spiro atoms. The molecular formula is C13H16BrCl2NO. The van der Waals surface area contributed by atoms with Crippen LogP contribution >= 0.6 is 39.1 Å². The number of unbranched alkanes of at least 4 members (excludes halogenated alkanes) is 1. The molecule has 0 radical (unpaired) electrons.